The molecule has 3 rings (SSSR count). The molecular formula is C26H33BO6. The Labute approximate surface area is 197 Å². The number of fused-ring (bicyclic) bond motifs is 1. The van der Waals surface area contributed by atoms with Crippen molar-refractivity contribution in [2.75, 3.05) is 13.9 Å². The van der Waals surface area contributed by atoms with Crippen molar-refractivity contribution in [1.82, 2.24) is 0 Å². The van der Waals surface area contributed by atoms with Crippen molar-refractivity contribution in [3.05, 3.63) is 35.9 Å². The third-order valence-electron chi connectivity index (χ3n) is 5.71. The zero-order valence-corrected chi connectivity index (χ0v) is 20.8. The average molecular weight is 452 g/mol. The molecule has 1 saturated heterocycles. The Morgan fingerprint density at radius 2 is 1.76 bits per heavy atom. The van der Waals surface area contributed by atoms with Gasteiger partial charge < -0.3 is 23.5 Å². The molecule has 6 nitrogen and oxygen atoms in total. The van der Waals surface area contributed by atoms with Gasteiger partial charge in [0.05, 0.1) is 11.2 Å². The fourth-order valence-electron chi connectivity index (χ4n) is 3.49. The SMILES string of the molecule is COCOc1cc(B2OC(C)(C)C(C)(C)O2)c2c(C#CCC(=O)OC(C)(C)C)cccc2c1. The van der Waals surface area contributed by atoms with E-state index in [9.17, 15) is 4.79 Å². The molecule has 0 radical (unpaired) electrons. The normalized spacial score (nSPS) is 16.9. The van der Waals surface area contributed by atoms with Crippen LogP contribution < -0.4 is 10.2 Å². The van der Waals surface area contributed by atoms with Gasteiger partial charge >= 0.3 is 13.1 Å². The molecule has 0 saturated carbocycles. The Bertz CT molecular complexity index is 1070. The molecule has 0 aliphatic carbocycles. The molecule has 176 valence electrons. The van der Waals surface area contributed by atoms with E-state index in [1.807, 2.05) is 78.8 Å². The van der Waals surface area contributed by atoms with Crippen molar-refractivity contribution in [3.8, 4) is 17.6 Å². The highest BCUT2D eigenvalue weighted by atomic mass is 16.7. The lowest BCUT2D eigenvalue weighted by Gasteiger charge is -2.32. The number of rotatable bonds is 5. The summed E-state index contributed by atoms with van der Waals surface area (Å²) < 4.78 is 28.8. The second-order valence-electron chi connectivity index (χ2n) is 10.1. The number of methoxy groups -OCH3 is 1. The molecule has 0 atom stereocenters. The van der Waals surface area contributed by atoms with E-state index in [1.54, 1.807) is 7.11 Å². The number of benzene rings is 2. The summed E-state index contributed by atoms with van der Waals surface area (Å²) in [4.78, 5) is 12.1. The summed E-state index contributed by atoms with van der Waals surface area (Å²) in [5, 5.41) is 1.83. The highest BCUT2D eigenvalue weighted by Gasteiger charge is 2.52. The van der Waals surface area contributed by atoms with E-state index in [-0.39, 0.29) is 19.2 Å². The quantitative estimate of drug-likeness (QED) is 0.293. The Hall–Kier alpha value is -2.53. The van der Waals surface area contributed by atoms with Crippen LogP contribution >= 0.6 is 0 Å². The summed E-state index contributed by atoms with van der Waals surface area (Å²) in [6.45, 7) is 13.7. The molecule has 0 bridgehead atoms. The Morgan fingerprint density at radius 3 is 2.36 bits per heavy atom. The standard InChI is InChI=1S/C26H33BO6/c1-24(2,3)31-22(28)14-10-12-18-11-9-13-19-15-20(30-17-29-8)16-21(23(18)19)27-32-25(4,5)26(6,7)33-27/h9,11,13,15-16H,14,17H2,1-8H3. The minimum atomic E-state index is -0.600. The lowest BCUT2D eigenvalue weighted by Crippen LogP contribution is -2.41. The van der Waals surface area contributed by atoms with E-state index in [2.05, 4.69) is 11.8 Å². The van der Waals surface area contributed by atoms with Crippen LogP contribution in [0.1, 0.15) is 60.5 Å². The van der Waals surface area contributed by atoms with Crippen molar-refractivity contribution in [2.24, 2.45) is 0 Å². The lowest BCUT2D eigenvalue weighted by atomic mass is 9.75. The van der Waals surface area contributed by atoms with Crippen LogP contribution in [0.2, 0.25) is 0 Å². The van der Waals surface area contributed by atoms with Crippen LogP contribution in [0.4, 0.5) is 0 Å². The van der Waals surface area contributed by atoms with Gasteiger partial charge in [-0.1, -0.05) is 24.0 Å². The fraction of sp³-hybridized carbons (Fsp3) is 0.500. The van der Waals surface area contributed by atoms with E-state index >= 15 is 0 Å². The van der Waals surface area contributed by atoms with E-state index in [0.717, 1.165) is 21.8 Å². The molecule has 2 aromatic carbocycles. The monoisotopic (exact) mass is 452 g/mol. The van der Waals surface area contributed by atoms with Crippen LogP contribution in [0.5, 0.6) is 5.75 Å². The van der Waals surface area contributed by atoms with Gasteiger partial charge in [-0.15, -0.1) is 0 Å². The third-order valence-corrected chi connectivity index (χ3v) is 5.71. The lowest BCUT2D eigenvalue weighted by molar-refractivity contribution is -0.153. The number of esters is 1. The maximum Gasteiger partial charge on any atom is 0.495 e. The molecule has 7 heteroatoms. The number of carbonyl (C=O) groups excluding carboxylic acids is 1. The van der Waals surface area contributed by atoms with Crippen molar-refractivity contribution in [3.63, 3.8) is 0 Å². The second kappa shape index (κ2) is 9.38. The van der Waals surface area contributed by atoms with E-state index in [0.29, 0.717) is 5.75 Å². The van der Waals surface area contributed by atoms with Crippen LogP contribution in [-0.4, -0.2) is 43.8 Å². The molecule has 0 N–H and O–H groups in total. The summed E-state index contributed by atoms with van der Waals surface area (Å²) in [6, 6.07) is 9.68. The van der Waals surface area contributed by atoms with Crippen LogP contribution in [-0.2, 0) is 23.6 Å². The summed E-state index contributed by atoms with van der Waals surface area (Å²) in [5.41, 5.74) is 0.0642. The van der Waals surface area contributed by atoms with Crippen LogP contribution in [0.25, 0.3) is 10.8 Å². The molecule has 1 fully saturated rings. The highest BCUT2D eigenvalue weighted by Crippen LogP contribution is 2.37. The summed E-state index contributed by atoms with van der Waals surface area (Å²) in [7, 11) is 0.978. The minimum absolute atomic E-state index is 0.00845. The van der Waals surface area contributed by atoms with E-state index in [1.165, 1.54) is 0 Å². The van der Waals surface area contributed by atoms with Crippen LogP contribution in [0.3, 0.4) is 0 Å². The maximum absolute atomic E-state index is 12.1. The predicted molar refractivity (Wildman–Crippen MR) is 130 cm³/mol. The van der Waals surface area contributed by atoms with E-state index in [4.69, 9.17) is 23.5 Å². The topological polar surface area (TPSA) is 63.2 Å². The molecule has 0 spiro atoms. The van der Waals surface area contributed by atoms with Crippen molar-refractivity contribution < 1.29 is 28.3 Å². The first-order valence-electron chi connectivity index (χ1n) is 11.1. The first-order chi connectivity index (χ1) is 15.3. The van der Waals surface area contributed by atoms with Gasteiger partial charge in [0.2, 0.25) is 0 Å². The minimum Gasteiger partial charge on any atom is -0.468 e. The van der Waals surface area contributed by atoms with Crippen molar-refractivity contribution >= 4 is 29.3 Å². The molecule has 2 aromatic rings. The van der Waals surface area contributed by atoms with Gasteiger partial charge in [-0.25, -0.2) is 0 Å². The Morgan fingerprint density at radius 1 is 1.09 bits per heavy atom. The fourth-order valence-corrected chi connectivity index (χ4v) is 3.49. The molecule has 1 aliphatic rings. The highest BCUT2D eigenvalue weighted by molar-refractivity contribution is 6.65. The van der Waals surface area contributed by atoms with Gasteiger partial charge in [0.15, 0.2) is 6.79 Å². The third kappa shape index (κ3) is 5.89. The van der Waals surface area contributed by atoms with Gasteiger partial charge in [0.1, 0.15) is 17.8 Å². The summed E-state index contributed by atoms with van der Waals surface area (Å²) >= 11 is 0. The Balaban J connectivity index is 2.05. The van der Waals surface area contributed by atoms with Gasteiger partial charge in [-0.05, 0) is 82.9 Å². The number of ether oxygens (including phenoxy) is 3. The van der Waals surface area contributed by atoms with Gasteiger partial charge in [-0.3, -0.25) is 4.79 Å². The van der Waals surface area contributed by atoms with Crippen molar-refractivity contribution in [1.29, 1.82) is 0 Å². The van der Waals surface area contributed by atoms with E-state index < -0.39 is 23.9 Å². The van der Waals surface area contributed by atoms with Gasteiger partial charge in [0, 0.05) is 12.7 Å². The number of carbonyl (C=O) groups is 1. The van der Waals surface area contributed by atoms with Crippen LogP contribution in [0, 0.1) is 11.8 Å². The first kappa shape index (κ1) is 25.1. The summed E-state index contributed by atoms with van der Waals surface area (Å²) in [5.74, 6) is 6.40. The van der Waals surface area contributed by atoms with Gasteiger partial charge in [0.25, 0.3) is 0 Å². The summed E-state index contributed by atoms with van der Waals surface area (Å²) in [6.07, 6.45) is 0.00845. The van der Waals surface area contributed by atoms with Gasteiger partial charge in [-0.2, -0.15) is 0 Å². The molecule has 0 amide bonds. The van der Waals surface area contributed by atoms with Crippen LogP contribution in [0.15, 0.2) is 30.3 Å². The molecular weight excluding hydrogens is 419 g/mol. The predicted octanol–water partition coefficient (Wildman–Crippen LogP) is 4.21. The number of hydrogen-bond donors (Lipinski definition) is 0. The Kier molecular flexibility index (Phi) is 7.14. The molecule has 1 heterocycles. The second-order valence-corrected chi connectivity index (χ2v) is 10.1. The molecule has 0 aromatic heterocycles. The first-order valence-corrected chi connectivity index (χ1v) is 11.1. The molecule has 1 aliphatic heterocycles. The largest absolute Gasteiger partial charge is 0.495 e. The average Bonchev–Trinajstić information content (AvgIpc) is 2.91. The number of hydrogen-bond acceptors (Lipinski definition) is 6. The zero-order valence-electron chi connectivity index (χ0n) is 20.8. The molecule has 33 heavy (non-hydrogen) atoms. The smallest absolute Gasteiger partial charge is 0.468 e. The molecule has 0 unspecified atom stereocenters. The zero-order chi connectivity index (χ0) is 24.4. The maximum atomic E-state index is 12.1. The van der Waals surface area contributed by atoms with Crippen molar-refractivity contribution in [2.45, 2.75) is 71.7 Å².